The van der Waals surface area contributed by atoms with Crippen molar-refractivity contribution in [2.45, 2.75) is 57.0 Å². The molecule has 2 heterocycles. The molecule has 0 spiro atoms. The van der Waals surface area contributed by atoms with E-state index < -0.39 is 10.0 Å². The van der Waals surface area contributed by atoms with E-state index in [1.54, 1.807) is 9.69 Å². The number of nitrogens with zero attached hydrogens (tertiary/aromatic N) is 1. The molecule has 1 aliphatic rings. The molecule has 0 atom stereocenters. The number of thiophene rings is 1. The summed E-state index contributed by atoms with van der Waals surface area (Å²) < 4.78 is 27.1. The van der Waals surface area contributed by atoms with Crippen LogP contribution in [0.3, 0.4) is 0 Å². The standard InChI is InChI=1S/C14H24N2O2S2/c1-4-7-15-10-12-9-13(11-19-12)20(17,18)16-8-5-6-14(16,2)3/h9,11,15H,4-8,10H2,1-3H3. The van der Waals surface area contributed by atoms with Crippen LogP contribution in [0.15, 0.2) is 16.3 Å². The molecule has 0 aromatic carbocycles. The third-order valence-corrected chi connectivity index (χ3v) is 6.94. The van der Waals surface area contributed by atoms with Gasteiger partial charge in [0.15, 0.2) is 0 Å². The highest BCUT2D eigenvalue weighted by molar-refractivity contribution is 7.89. The number of hydrogen-bond acceptors (Lipinski definition) is 4. The first-order chi connectivity index (χ1) is 9.38. The van der Waals surface area contributed by atoms with Crippen LogP contribution in [0.1, 0.15) is 44.9 Å². The molecule has 1 fully saturated rings. The summed E-state index contributed by atoms with van der Waals surface area (Å²) in [5, 5.41) is 5.07. The Hall–Kier alpha value is -0.430. The first kappa shape index (κ1) is 15.9. The van der Waals surface area contributed by atoms with Crippen LogP contribution < -0.4 is 5.32 Å². The lowest BCUT2D eigenvalue weighted by Gasteiger charge is -2.30. The largest absolute Gasteiger partial charge is 0.312 e. The molecular formula is C14H24N2O2S2. The molecular weight excluding hydrogens is 292 g/mol. The molecule has 4 nitrogen and oxygen atoms in total. The summed E-state index contributed by atoms with van der Waals surface area (Å²) in [6, 6.07) is 1.82. The SMILES string of the molecule is CCCNCc1cc(S(=O)(=O)N2CCCC2(C)C)cs1. The Bertz CT molecular complexity index is 549. The highest BCUT2D eigenvalue weighted by Crippen LogP contribution is 2.35. The van der Waals surface area contributed by atoms with Gasteiger partial charge in [-0.15, -0.1) is 11.3 Å². The Morgan fingerprint density at radius 3 is 2.80 bits per heavy atom. The Labute approximate surface area is 126 Å². The van der Waals surface area contributed by atoms with Gasteiger partial charge in [0, 0.05) is 28.9 Å². The smallest absolute Gasteiger partial charge is 0.244 e. The maximum atomic E-state index is 12.7. The van der Waals surface area contributed by atoms with Crippen LogP contribution in [0.2, 0.25) is 0 Å². The van der Waals surface area contributed by atoms with E-state index in [1.807, 2.05) is 19.9 Å². The highest BCUT2D eigenvalue weighted by Gasteiger charge is 2.41. The molecule has 2 rings (SSSR count). The molecule has 1 saturated heterocycles. The zero-order valence-corrected chi connectivity index (χ0v) is 14.1. The van der Waals surface area contributed by atoms with Crippen LogP contribution in [0.5, 0.6) is 0 Å². The molecule has 6 heteroatoms. The summed E-state index contributed by atoms with van der Waals surface area (Å²) >= 11 is 1.52. The fourth-order valence-corrected chi connectivity index (χ4v) is 5.71. The van der Waals surface area contributed by atoms with Crippen LogP contribution in [-0.2, 0) is 16.6 Å². The Morgan fingerprint density at radius 2 is 2.20 bits per heavy atom. The van der Waals surface area contributed by atoms with Crippen LogP contribution in [-0.4, -0.2) is 31.4 Å². The molecule has 20 heavy (non-hydrogen) atoms. The van der Waals surface area contributed by atoms with Gasteiger partial charge in [-0.3, -0.25) is 0 Å². The normalized spacial score (nSPS) is 19.6. The second-order valence-electron chi connectivity index (χ2n) is 5.92. The van der Waals surface area contributed by atoms with Crippen LogP contribution in [0.25, 0.3) is 0 Å². The summed E-state index contributed by atoms with van der Waals surface area (Å²) in [5.41, 5.74) is -0.263. The van der Waals surface area contributed by atoms with Crippen molar-refractivity contribution in [3.05, 3.63) is 16.3 Å². The minimum Gasteiger partial charge on any atom is -0.312 e. The molecule has 1 aliphatic heterocycles. The van der Waals surface area contributed by atoms with Gasteiger partial charge in [-0.1, -0.05) is 6.92 Å². The maximum absolute atomic E-state index is 12.7. The zero-order chi connectivity index (χ0) is 14.8. The molecule has 1 N–H and O–H groups in total. The van der Waals surface area contributed by atoms with Crippen molar-refractivity contribution < 1.29 is 8.42 Å². The first-order valence-electron chi connectivity index (χ1n) is 7.19. The van der Waals surface area contributed by atoms with E-state index in [4.69, 9.17) is 0 Å². The third-order valence-electron chi connectivity index (χ3n) is 3.77. The molecule has 0 bridgehead atoms. The molecule has 114 valence electrons. The predicted octanol–water partition coefficient (Wildman–Crippen LogP) is 2.81. The fourth-order valence-electron chi connectivity index (χ4n) is 2.63. The van der Waals surface area contributed by atoms with Crippen LogP contribution in [0, 0.1) is 0 Å². The van der Waals surface area contributed by atoms with Gasteiger partial charge in [0.1, 0.15) is 0 Å². The zero-order valence-electron chi connectivity index (χ0n) is 12.5. The Morgan fingerprint density at radius 1 is 1.45 bits per heavy atom. The number of hydrogen-bond donors (Lipinski definition) is 1. The summed E-state index contributed by atoms with van der Waals surface area (Å²) in [4.78, 5) is 1.53. The average Bonchev–Trinajstić information content (AvgIpc) is 2.96. The van der Waals surface area contributed by atoms with Gasteiger partial charge >= 0.3 is 0 Å². The van der Waals surface area contributed by atoms with Gasteiger partial charge in [-0.2, -0.15) is 4.31 Å². The van der Waals surface area contributed by atoms with E-state index in [1.165, 1.54) is 11.3 Å². The van der Waals surface area contributed by atoms with Gasteiger partial charge in [-0.05, 0) is 45.7 Å². The molecule has 0 radical (unpaired) electrons. The lowest BCUT2D eigenvalue weighted by Crippen LogP contribution is -2.42. The van der Waals surface area contributed by atoms with Crippen molar-refractivity contribution in [3.63, 3.8) is 0 Å². The highest BCUT2D eigenvalue weighted by atomic mass is 32.2. The van der Waals surface area contributed by atoms with Crippen molar-refractivity contribution in [1.82, 2.24) is 9.62 Å². The van der Waals surface area contributed by atoms with Gasteiger partial charge in [-0.25, -0.2) is 8.42 Å². The van der Waals surface area contributed by atoms with Gasteiger partial charge in [0.2, 0.25) is 10.0 Å². The quantitative estimate of drug-likeness (QED) is 0.821. The second kappa shape index (κ2) is 6.13. The van der Waals surface area contributed by atoms with Crippen molar-refractivity contribution in [2.24, 2.45) is 0 Å². The maximum Gasteiger partial charge on any atom is 0.244 e. The lowest BCUT2D eigenvalue weighted by atomic mass is 10.0. The van der Waals surface area contributed by atoms with E-state index in [0.29, 0.717) is 11.4 Å². The topological polar surface area (TPSA) is 49.4 Å². The van der Waals surface area contributed by atoms with Gasteiger partial charge in [0.05, 0.1) is 4.90 Å². The lowest BCUT2D eigenvalue weighted by molar-refractivity contribution is 0.292. The average molecular weight is 316 g/mol. The number of nitrogens with one attached hydrogen (secondary N) is 1. The summed E-state index contributed by atoms with van der Waals surface area (Å²) in [6.07, 6.45) is 2.96. The molecule has 1 aromatic heterocycles. The first-order valence-corrected chi connectivity index (χ1v) is 9.51. The van der Waals surface area contributed by atoms with Gasteiger partial charge in [0.25, 0.3) is 0 Å². The fraction of sp³-hybridized carbons (Fsp3) is 0.714. The van der Waals surface area contributed by atoms with Crippen molar-refractivity contribution in [2.75, 3.05) is 13.1 Å². The summed E-state index contributed by atoms with van der Waals surface area (Å²) in [7, 11) is -3.34. The monoisotopic (exact) mass is 316 g/mol. The van der Waals surface area contributed by atoms with E-state index in [0.717, 1.165) is 37.2 Å². The van der Waals surface area contributed by atoms with Crippen molar-refractivity contribution in [3.8, 4) is 0 Å². The Kier molecular flexibility index (Phi) is 4.89. The third kappa shape index (κ3) is 3.24. The second-order valence-corrected chi connectivity index (χ2v) is 8.78. The minimum absolute atomic E-state index is 0.263. The molecule has 1 aromatic rings. The minimum atomic E-state index is -3.34. The van der Waals surface area contributed by atoms with E-state index in [2.05, 4.69) is 12.2 Å². The number of sulfonamides is 1. The van der Waals surface area contributed by atoms with E-state index >= 15 is 0 Å². The summed E-state index contributed by atoms with van der Waals surface area (Å²) in [5.74, 6) is 0. The van der Waals surface area contributed by atoms with E-state index in [9.17, 15) is 8.42 Å². The molecule has 0 saturated carbocycles. The number of rotatable bonds is 6. The molecule has 0 aliphatic carbocycles. The van der Waals surface area contributed by atoms with Crippen molar-refractivity contribution >= 4 is 21.4 Å². The molecule has 0 unspecified atom stereocenters. The molecule has 0 amide bonds. The Balaban J connectivity index is 2.14. The van der Waals surface area contributed by atoms with Gasteiger partial charge < -0.3 is 5.32 Å². The van der Waals surface area contributed by atoms with Crippen molar-refractivity contribution in [1.29, 1.82) is 0 Å². The predicted molar refractivity (Wildman–Crippen MR) is 83.5 cm³/mol. The van der Waals surface area contributed by atoms with Crippen LogP contribution in [0.4, 0.5) is 0 Å². The summed E-state index contributed by atoms with van der Waals surface area (Å²) in [6.45, 7) is 8.47. The van der Waals surface area contributed by atoms with E-state index in [-0.39, 0.29) is 5.54 Å². The van der Waals surface area contributed by atoms with Crippen LogP contribution >= 0.6 is 11.3 Å².